The zero-order chi connectivity index (χ0) is 17.1. The van der Waals surface area contributed by atoms with Gasteiger partial charge in [0.05, 0.1) is 25.8 Å². The number of ether oxygens (including phenoxy) is 3. The van der Waals surface area contributed by atoms with Gasteiger partial charge in [0.15, 0.2) is 11.5 Å². The minimum absolute atomic E-state index is 0.738. The van der Waals surface area contributed by atoms with Crippen LogP contribution in [-0.4, -0.2) is 33.6 Å². The van der Waals surface area contributed by atoms with Gasteiger partial charge in [-0.15, -0.1) is 0 Å². The SMILES string of the molecule is COc1ccc(CC2=NCCc3cc(OC)c(OC)cc32)cc1Br. The first-order valence-corrected chi connectivity index (χ1v) is 8.56. The van der Waals surface area contributed by atoms with E-state index in [1.807, 2.05) is 12.1 Å². The van der Waals surface area contributed by atoms with Crippen LogP contribution in [0.5, 0.6) is 17.2 Å². The Balaban J connectivity index is 1.94. The summed E-state index contributed by atoms with van der Waals surface area (Å²) in [5, 5.41) is 0. The third-order valence-electron chi connectivity index (χ3n) is 4.19. The van der Waals surface area contributed by atoms with E-state index in [-0.39, 0.29) is 0 Å². The van der Waals surface area contributed by atoms with Gasteiger partial charge in [-0.3, -0.25) is 4.99 Å². The number of rotatable bonds is 5. The molecule has 1 aliphatic heterocycles. The lowest BCUT2D eigenvalue weighted by atomic mass is 9.93. The molecule has 0 spiro atoms. The van der Waals surface area contributed by atoms with Gasteiger partial charge < -0.3 is 14.2 Å². The van der Waals surface area contributed by atoms with Crippen molar-refractivity contribution in [2.24, 2.45) is 4.99 Å². The maximum Gasteiger partial charge on any atom is 0.161 e. The molecule has 0 aliphatic carbocycles. The summed E-state index contributed by atoms with van der Waals surface area (Å²) in [5.74, 6) is 2.34. The molecule has 3 rings (SSSR count). The summed E-state index contributed by atoms with van der Waals surface area (Å²) in [6, 6.07) is 10.2. The Hall–Kier alpha value is -2.01. The number of hydrogen-bond donors (Lipinski definition) is 0. The van der Waals surface area contributed by atoms with Crippen LogP contribution in [0.2, 0.25) is 0 Å². The molecular weight excluding hydrogens is 370 g/mol. The first kappa shape index (κ1) is 16.8. The summed E-state index contributed by atoms with van der Waals surface area (Å²) in [4.78, 5) is 4.74. The van der Waals surface area contributed by atoms with E-state index in [0.29, 0.717) is 0 Å². The van der Waals surface area contributed by atoms with E-state index in [2.05, 4.69) is 34.1 Å². The van der Waals surface area contributed by atoms with Gasteiger partial charge in [0.1, 0.15) is 5.75 Å². The number of hydrogen-bond acceptors (Lipinski definition) is 4. The molecule has 5 heteroatoms. The van der Waals surface area contributed by atoms with Gasteiger partial charge in [-0.05, 0) is 57.7 Å². The van der Waals surface area contributed by atoms with Crippen LogP contribution in [0.15, 0.2) is 39.8 Å². The van der Waals surface area contributed by atoms with E-state index in [9.17, 15) is 0 Å². The van der Waals surface area contributed by atoms with Crippen LogP contribution in [0.25, 0.3) is 0 Å². The maximum atomic E-state index is 5.45. The second kappa shape index (κ2) is 7.26. The Morgan fingerprint density at radius 2 is 1.67 bits per heavy atom. The van der Waals surface area contributed by atoms with Gasteiger partial charge in [-0.25, -0.2) is 0 Å². The maximum absolute atomic E-state index is 5.45. The lowest BCUT2D eigenvalue weighted by Gasteiger charge is -2.20. The molecule has 0 radical (unpaired) electrons. The van der Waals surface area contributed by atoms with Gasteiger partial charge in [0.2, 0.25) is 0 Å². The van der Waals surface area contributed by atoms with Crippen molar-refractivity contribution in [3.8, 4) is 17.2 Å². The molecule has 1 heterocycles. The van der Waals surface area contributed by atoms with E-state index in [0.717, 1.165) is 52.4 Å². The van der Waals surface area contributed by atoms with Crippen LogP contribution in [0, 0.1) is 0 Å². The number of benzene rings is 2. The van der Waals surface area contributed by atoms with Crippen LogP contribution < -0.4 is 14.2 Å². The normalized spacial score (nSPS) is 13.1. The first-order valence-electron chi connectivity index (χ1n) is 7.77. The Bertz CT molecular complexity index is 786. The Kier molecular flexibility index (Phi) is 5.09. The van der Waals surface area contributed by atoms with Gasteiger partial charge in [0.25, 0.3) is 0 Å². The summed E-state index contributed by atoms with van der Waals surface area (Å²) < 4.78 is 17.1. The molecule has 0 saturated heterocycles. The van der Waals surface area contributed by atoms with Crippen molar-refractivity contribution < 1.29 is 14.2 Å². The molecule has 0 atom stereocenters. The molecule has 0 fully saturated rings. The average Bonchev–Trinajstić information content (AvgIpc) is 2.61. The molecule has 126 valence electrons. The summed E-state index contributed by atoms with van der Waals surface area (Å²) in [6.45, 7) is 0.801. The average molecular weight is 390 g/mol. The second-order valence-corrected chi connectivity index (χ2v) is 6.44. The van der Waals surface area contributed by atoms with Crippen molar-refractivity contribution in [2.45, 2.75) is 12.8 Å². The van der Waals surface area contributed by atoms with E-state index >= 15 is 0 Å². The number of fused-ring (bicyclic) bond motifs is 1. The highest BCUT2D eigenvalue weighted by molar-refractivity contribution is 9.10. The van der Waals surface area contributed by atoms with Crippen molar-refractivity contribution in [1.29, 1.82) is 0 Å². The summed E-state index contributed by atoms with van der Waals surface area (Å²) in [5.41, 5.74) is 4.66. The van der Waals surface area contributed by atoms with Crippen molar-refractivity contribution in [2.75, 3.05) is 27.9 Å². The van der Waals surface area contributed by atoms with Gasteiger partial charge in [-0.2, -0.15) is 0 Å². The lowest BCUT2D eigenvalue weighted by molar-refractivity contribution is 0.354. The van der Waals surface area contributed by atoms with Gasteiger partial charge in [-0.1, -0.05) is 6.07 Å². The molecule has 2 aromatic carbocycles. The largest absolute Gasteiger partial charge is 0.496 e. The quantitative estimate of drug-likeness (QED) is 0.773. The van der Waals surface area contributed by atoms with Crippen molar-refractivity contribution in [3.63, 3.8) is 0 Å². The van der Waals surface area contributed by atoms with Gasteiger partial charge >= 0.3 is 0 Å². The van der Waals surface area contributed by atoms with Crippen LogP contribution in [0.4, 0.5) is 0 Å². The van der Waals surface area contributed by atoms with Crippen LogP contribution >= 0.6 is 15.9 Å². The Labute approximate surface area is 150 Å². The minimum Gasteiger partial charge on any atom is -0.496 e. The molecule has 0 amide bonds. The highest BCUT2D eigenvalue weighted by Crippen LogP contribution is 2.33. The molecule has 24 heavy (non-hydrogen) atoms. The first-order chi connectivity index (χ1) is 11.7. The highest BCUT2D eigenvalue weighted by atomic mass is 79.9. The van der Waals surface area contributed by atoms with Crippen molar-refractivity contribution in [1.82, 2.24) is 0 Å². The predicted molar refractivity (Wildman–Crippen MR) is 99.1 cm³/mol. The number of nitrogens with zero attached hydrogens (tertiary/aromatic N) is 1. The topological polar surface area (TPSA) is 40.0 Å². The summed E-state index contributed by atoms with van der Waals surface area (Å²) in [7, 11) is 4.99. The van der Waals surface area contributed by atoms with E-state index in [1.165, 1.54) is 11.1 Å². The third kappa shape index (κ3) is 3.26. The molecule has 0 saturated carbocycles. The molecule has 0 N–H and O–H groups in total. The summed E-state index contributed by atoms with van der Waals surface area (Å²) in [6.07, 6.45) is 1.69. The van der Waals surface area contributed by atoms with Crippen LogP contribution in [0.3, 0.4) is 0 Å². The smallest absolute Gasteiger partial charge is 0.161 e. The number of aliphatic imine (C=N–C) groups is 1. The molecule has 1 aliphatic rings. The highest BCUT2D eigenvalue weighted by Gasteiger charge is 2.19. The minimum atomic E-state index is 0.738. The fraction of sp³-hybridized carbons (Fsp3) is 0.316. The van der Waals surface area contributed by atoms with Crippen molar-refractivity contribution in [3.05, 3.63) is 51.5 Å². The number of methoxy groups -OCH3 is 3. The van der Waals surface area contributed by atoms with Gasteiger partial charge in [0, 0.05) is 24.2 Å². The fourth-order valence-corrected chi connectivity index (χ4v) is 3.55. The third-order valence-corrected chi connectivity index (χ3v) is 4.81. The van der Waals surface area contributed by atoms with Crippen LogP contribution in [-0.2, 0) is 12.8 Å². The van der Waals surface area contributed by atoms with E-state index in [1.54, 1.807) is 21.3 Å². The Morgan fingerprint density at radius 3 is 2.33 bits per heavy atom. The Morgan fingerprint density at radius 1 is 0.958 bits per heavy atom. The molecule has 0 unspecified atom stereocenters. The van der Waals surface area contributed by atoms with Crippen LogP contribution in [0.1, 0.15) is 16.7 Å². The number of halogens is 1. The van der Waals surface area contributed by atoms with E-state index < -0.39 is 0 Å². The molecule has 4 nitrogen and oxygen atoms in total. The van der Waals surface area contributed by atoms with Crippen molar-refractivity contribution >= 4 is 21.6 Å². The zero-order valence-corrected chi connectivity index (χ0v) is 15.6. The molecule has 2 aromatic rings. The lowest BCUT2D eigenvalue weighted by Crippen LogP contribution is -2.16. The second-order valence-electron chi connectivity index (χ2n) is 5.59. The summed E-state index contributed by atoms with van der Waals surface area (Å²) >= 11 is 3.54. The standard InChI is InChI=1S/C19H20BrNO3/c1-22-17-5-4-12(8-15(17)20)9-16-14-11-19(24-3)18(23-2)10-13(14)6-7-21-16/h4-5,8,10-11H,6-7,9H2,1-3H3. The molecule has 0 bridgehead atoms. The zero-order valence-electron chi connectivity index (χ0n) is 14.1. The van der Waals surface area contributed by atoms with E-state index in [4.69, 9.17) is 19.2 Å². The fourth-order valence-electron chi connectivity index (χ4n) is 2.96. The monoisotopic (exact) mass is 389 g/mol. The molecule has 0 aromatic heterocycles. The molecular formula is C19H20BrNO3. The predicted octanol–water partition coefficient (Wildman–Crippen LogP) is 4.06.